The first-order chi connectivity index (χ1) is 13.7. The Labute approximate surface area is 174 Å². The van der Waals surface area contributed by atoms with Crippen LogP contribution < -0.4 is 5.32 Å². The van der Waals surface area contributed by atoms with E-state index in [2.05, 4.69) is 23.7 Å². The molecule has 156 valence electrons. The average Bonchev–Trinajstić information content (AvgIpc) is 2.93. The molecule has 3 rings (SSSR count). The molecule has 5 heteroatoms. The number of rotatable bonds is 6. The van der Waals surface area contributed by atoms with E-state index < -0.39 is 5.54 Å². The Bertz CT molecular complexity index is 885. The number of hydrogen-bond acceptors (Lipinski definition) is 2. The molecule has 1 aromatic carbocycles. The maximum absolute atomic E-state index is 13.6. The smallest absolute Gasteiger partial charge is 0.256 e. The topological polar surface area (TPSA) is 54.3 Å². The van der Waals surface area contributed by atoms with E-state index in [9.17, 15) is 9.59 Å². The lowest BCUT2D eigenvalue weighted by atomic mass is 9.91. The number of hydrogen-bond donors (Lipinski definition) is 1. The summed E-state index contributed by atoms with van der Waals surface area (Å²) in [4.78, 5) is 28.7. The van der Waals surface area contributed by atoms with Crippen molar-refractivity contribution in [1.29, 1.82) is 0 Å². The zero-order valence-corrected chi connectivity index (χ0v) is 18.3. The minimum absolute atomic E-state index is 0.0630. The lowest BCUT2D eigenvalue weighted by Gasteiger charge is -2.39. The molecule has 2 heterocycles. The second-order valence-electron chi connectivity index (χ2n) is 8.79. The van der Waals surface area contributed by atoms with Crippen LogP contribution in [0.2, 0.25) is 0 Å². The molecule has 0 spiro atoms. The second-order valence-corrected chi connectivity index (χ2v) is 8.79. The van der Waals surface area contributed by atoms with Gasteiger partial charge in [0, 0.05) is 31.5 Å². The van der Waals surface area contributed by atoms with Crippen molar-refractivity contribution in [2.24, 2.45) is 13.0 Å². The van der Waals surface area contributed by atoms with E-state index in [1.54, 1.807) is 4.90 Å². The van der Waals surface area contributed by atoms with Gasteiger partial charge in [0.15, 0.2) is 0 Å². The van der Waals surface area contributed by atoms with Crippen LogP contribution in [0.15, 0.2) is 36.4 Å². The maximum Gasteiger partial charge on any atom is 0.256 e. The molecule has 0 saturated heterocycles. The van der Waals surface area contributed by atoms with Gasteiger partial charge in [0.1, 0.15) is 5.54 Å². The predicted octanol–water partition coefficient (Wildman–Crippen LogP) is 3.84. The molecular formula is C24H33N3O2. The number of amides is 2. The third-order valence-electron chi connectivity index (χ3n) is 6.20. The molecule has 29 heavy (non-hydrogen) atoms. The summed E-state index contributed by atoms with van der Waals surface area (Å²) >= 11 is 0. The van der Waals surface area contributed by atoms with E-state index in [1.807, 2.05) is 57.3 Å². The fourth-order valence-corrected chi connectivity index (χ4v) is 4.05. The molecule has 1 unspecified atom stereocenters. The molecule has 0 aliphatic carbocycles. The Morgan fingerprint density at radius 3 is 2.59 bits per heavy atom. The summed E-state index contributed by atoms with van der Waals surface area (Å²) in [5.74, 6) is 0.394. The zero-order valence-electron chi connectivity index (χ0n) is 18.3. The average molecular weight is 396 g/mol. The van der Waals surface area contributed by atoms with Gasteiger partial charge in [0.25, 0.3) is 5.91 Å². The van der Waals surface area contributed by atoms with Gasteiger partial charge in [0.05, 0.1) is 5.56 Å². The lowest BCUT2D eigenvalue weighted by molar-refractivity contribution is -0.132. The molecule has 5 nitrogen and oxygen atoms in total. The van der Waals surface area contributed by atoms with Crippen LogP contribution in [0.5, 0.6) is 0 Å². The number of aromatic nitrogens is 1. The van der Waals surface area contributed by atoms with Crippen LogP contribution in [0.4, 0.5) is 0 Å². The van der Waals surface area contributed by atoms with Crippen molar-refractivity contribution in [3.63, 3.8) is 0 Å². The first-order valence-corrected chi connectivity index (χ1v) is 10.5. The number of nitrogens with zero attached hydrogens (tertiary/aromatic N) is 2. The Hall–Kier alpha value is -2.56. The van der Waals surface area contributed by atoms with Crippen molar-refractivity contribution in [2.75, 3.05) is 6.54 Å². The molecule has 1 N–H and O–H groups in total. The minimum atomic E-state index is -0.892. The van der Waals surface area contributed by atoms with Crippen LogP contribution in [0.3, 0.4) is 0 Å². The highest BCUT2D eigenvalue weighted by molar-refractivity contribution is 6.01. The van der Waals surface area contributed by atoms with Gasteiger partial charge in [-0.1, -0.05) is 44.2 Å². The molecule has 2 aromatic rings. The number of benzene rings is 1. The third-order valence-corrected chi connectivity index (χ3v) is 6.20. The molecule has 2 amide bonds. The number of nitrogens with one attached hydrogen (secondary N) is 1. The zero-order chi connectivity index (χ0) is 21.2. The van der Waals surface area contributed by atoms with Gasteiger partial charge in [-0.15, -0.1) is 0 Å². The molecular weight excluding hydrogens is 362 g/mol. The molecule has 0 radical (unpaired) electrons. The highest BCUT2D eigenvalue weighted by atomic mass is 16.2. The van der Waals surface area contributed by atoms with E-state index in [-0.39, 0.29) is 11.8 Å². The van der Waals surface area contributed by atoms with Crippen molar-refractivity contribution in [1.82, 2.24) is 14.8 Å². The summed E-state index contributed by atoms with van der Waals surface area (Å²) in [6.45, 7) is 9.26. The van der Waals surface area contributed by atoms with E-state index in [4.69, 9.17) is 0 Å². The SMILES string of the molecule is Cc1cc2c(n1C)CCC(C)(C(=O)NCCC(C)C)N(Cc1ccccc1)C2=O. The van der Waals surface area contributed by atoms with E-state index in [0.29, 0.717) is 31.8 Å². The minimum Gasteiger partial charge on any atom is -0.354 e. The quantitative estimate of drug-likeness (QED) is 0.808. The van der Waals surface area contributed by atoms with Crippen LogP contribution in [0, 0.1) is 12.8 Å². The highest BCUT2D eigenvalue weighted by Crippen LogP contribution is 2.33. The molecule has 1 atom stereocenters. The van der Waals surface area contributed by atoms with Crippen molar-refractivity contribution < 1.29 is 9.59 Å². The number of fused-ring (bicyclic) bond motifs is 1. The van der Waals surface area contributed by atoms with Crippen LogP contribution in [0.1, 0.15) is 60.9 Å². The number of aryl methyl sites for hydroxylation is 1. The summed E-state index contributed by atoms with van der Waals surface area (Å²) in [6, 6.07) is 11.9. The summed E-state index contributed by atoms with van der Waals surface area (Å²) in [5, 5.41) is 3.09. The maximum atomic E-state index is 13.6. The monoisotopic (exact) mass is 395 g/mol. The fraction of sp³-hybridized carbons (Fsp3) is 0.500. The molecule has 0 saturated carbocycles. The van der Waals surface area contributed by atoms with Crippen molar-refractivity contribution in [3.8, 4) is 0 Å². The predicted molar refractivity (Wildman–Crippen MR) is 116 cm³/mol. The molecule has 0 fully saturated rings. The van der Waals surface area contributed by atoms with Gasteiger partial charge in [-0.25, -0.2) is 0 Å². The van der Waals surface area contributed by atoms with Crippen LogP contribution in [-0.4, -0.2) is 33.4 Å². The normalized spacial score (nSPS) is 19.2. The summed E-state index contributed by atoms with van der Waals surface area (Å²) < 4.78 is 2.08. The summed E-state index contributed by atoms with van der Waals surface area (Å²) in [6.07, 6.45) is 2.22. The first-order valence-electron chi connectivity index (χ1n) is 10.5. The van der Waals surface area contributed by atoms with E-state index >= 15 is 0 Å². The molecule has 1 aromatic heterocycles. The largest absolute Gasteiger partial charge is 0.354 e. The molecule has 0 bridgehead atoms. The lowest BCUT2D eigenvalue weighted by Crippen LogP contribution is -2.58. The fourth-order valence-electron chi connectivity index (χ4n) is 4.05. The van der Waals surface area contributed by atoms with Crippen molar-refractivity contribution >= 4 is 11.8 Å². The van der Waals surface area contributed by atoms with Crippen LogP contribution in [0.25, 0.3) is 0 Å². The van der Waals surface area contributed by atoms with Crippen LogP contribution in [-0.2, 0) is 24.8 Å². The van der Waals surface area contributed by atoms with Gasteiger partial charge >= 0.3 is 0 Å². The number of carbonyl (C=O) groups excluding carboxylic acids is 2. The van der Waals surface area contributed by atoms with Gasteiger partial charge in [0.2, 0.25) is 5.91 Å². The third kappa shape index (κ3) is 4.24. The van der Waals surface area contributed by atoms with Gasteiger partial charge < -0.3 is 14.8 Å². The summed E-state index contributed by atoms with van der Waals surface area (Å²) in [5.41, 5.74) is 2.94. The molecule has 1 aliphatic heterocycles. The Morgan fingerprint density at radius 2 is 1.93 bits per heavy atom. The molecule has 1 aliphatic rings. The van der Waals surface area contributed by atoms with Gasteiger partial charge in [-0.2, -0.15) is 0 Å². The highest BCUT2D eigenvalue weighted by Gasteiger charge is 2.45. The standard InChI is InChI=1S/C24H33N3O2/c1-17(2)12-14-25-23(29)24(4)13-11-21-20(15-18(3)26(21)5)22(28)27(24)16-19-9-7-6-8-10-19/h6-10,15,17H,11-14,16H2,1-5H3,(H,25,29). The Morgan fingerprint density at radius 1 is 1.24 bits per heavy atom. The Balaban J connectivity index is 1.96. The van der Waals surface area contributed by atoms with E-state index in [0.717, 1.165) is 28.9 Å². The van der Waals surface area contributed by atoms with Crippen molar-refractivity contribution in [2.45, 2.75) is 59.0 Å². The van der Waals surface area contributed by atoms with Crippen LogP contribution >= 0.6 is 0 Å². The van der Waals surface area contributed by atoms with E-state index in [1.165, 1.54) is 0 Å². The van der Waals surface area contributed by atoms with Gasteiger partial charge in [-0.3, -0.25) is 9.59 Å². The summed E-state index contributed by atoms with van der Waals surface area (Å²) in [7, 11) is 1.99. The van der Waals surface area contributed by atoms with Gasteiger partial charge in [-0.05, 0) is 50.7 Å². The first kappa shape index (κ1) is 21.2. The van der Waals surface area contributed by atoms with Crippen molar-refractivity contribution in [3.05, 3.63) is 58.9 Å². The number of carbonyl (C=O) groups is 2. The Kier molecular flexibility index (Phi) is 6.15. The second kappa shape index (κ2) is 8.44.